The Morgan fingerprint density at radius 3 is 1.84 bits per heavy atom. The number of fused-ring (bicyclic) bond motifs is 3. The van der Waals surface area contributed by atoms with Gasteiger partial charge in [-0.2, -0.15) is 0 Å². The minimum absolute atomic E-state index is 0.236. The lowest BCUT2D eigenvalue weighted by atomic mass is 10.1. The number of carbonyl (C=O) groups is 1. The number of aliphatic hydroxyl groups is 1. The third-order valence-electron chi connectivity index (χ3n) is 5.93. The molecule has 1 aliphatic heterocycles. The smallest absolute Gasteiger partial charge is 0.444 e. The van der Waals surface area contributed by atoms with Crippen LogP contribution in [-0.4, -0.2) is 56.4 Å². The summed E-state index contributed by atoms with van der Waals surface area (Å²) in [6.45, 7) is 6.74. The van der Waals surface area contributed by atoms with Crippen molar-refractivity contribution in [1.29, 1.82) is 0 Å². The molecule has 43 heavy (non-hydrogen) atoms. The van der Waals surface area contributed by atoms with Gasteiger partial charge in [0.2, 0.25) is 0 Å². The number of ether oxygens (including phenoxy) is 2. The van der Waals surface area contributed by atoms with Gasteiger partial charge in [0.25, 0.3) is 0 Å². The third kappa shape index (κ3) is 10.8. The zero-order valence-electron chi connectivity index (χ0n) is 23.6. The Morgan fingerprint density at radius 2 is 1.42 bits per heavy atom. The average molecular weight is 630 g/mol. The molecule has 2 heterocycles. The lowest BCUT2D eigenvalue weighted by Gasteiger charge is -2.31. The maximum Gasteiger partial charge on any atom is 0.573 e. The Balaban J connectivity index is 0.000000177. The zero-order chi connectivity index (χ0) is 31.9. The molecule has 1 atom stereocenters. The SMILES string of the molecule is CC(C)(C)OC(=O)N1CCC(O)CC1.Fc1ccc2[nH]c3ccc(F)cc3c2c1.NS(=O)c1ccc(OC(F)(F)F)cc1. The molecule has 0 radical (unpaired) electrons. The number of halogens is 5. The van der Waals surface area contributed by atoms with E-state index in [1.54, 1.807) is 17.0 Å². The standard InChI is InChI=1S/C12H7F2N.C10H19NO3.C7H6F3NO2S/c13-7-1-3-11-9(5-7)10-6-8(14)2-4-12(10)15-11;1-10(2,3)14-9(13)11-6-4-8(12)5-7-11;8-7(9,10)13-5-1-3-6(4-2-5)14(11)12/h1-6,15H;8,12H,4-7H2,1-3H3;1-4H,11H2. The second-order valence-electron chi connectivity index (χ2n) is 10.5. The number of hydrogen-bond acceptors (Lipinski definition) is 5. The van der Waals surface area contributed by atoms with Crippen molar-refractivity contribution in [3.8, 4) is 5.75 Å². The van der Waals surface area contributed by atoms with Crippen LogP contribution in [0.5, 0.6) is 5.75 Å². The van der Waals surface area contributed by atoms with E-state index >= 15 is 0 Å². The first-order chi connectivity index (χ1) is 20.0. The van der Waals surface area contributed by atoms with Crippen LogP contribution in [0.4, 0.5) is 26.7 Å². The van der Waals surface area contributed by atoms with Crippen LogP contribution >= 0.6 is 0 Å². The monoisotopic (exact) mass is 629 g/mol. The third-order valence-corrected chi connectivity index (χ3v) is 6.67. The van der Waals surface area contributed by atoms with Gasteiger partial charge in [-0.05, 0) is 94.3 Å². The maximum absolute atomic E-state index is 13.0. The van der Waals surface area contributed by atoms with Crippen LogP contribution in [0.15, 0.2) is 65.6 Å². The predicted molar refractivity (Wildman–Crippen MR) is 152 cm³/mol. The number of nitrogens with zero attached hydrogens (tertiary/aromatic N) is 1. The number of amides is 1. The van der Waals surface area contributed by atoms with E-state index < -0.39 is 22.9 Å². The first-order valence-electron chi connectivity index (χ1n) is 13.1. The molecule has 1 aliphatic rings. The molecular formula is C29H32F5N3O5S. The fourth-order valence-electron chi connectivity index (χ4n) is 3.99. The molecule has 3 aromatic carbocycles. The fourth-order valence-corrected chi connectivity index (χ4v) is 4.40. The van der Waals surface area contributed by atoms with Crippen molar-refractivity contribution < 1.29 is 45.5 Å². The summed E-state index contributed by atoms with van der Waals surface area (Å²) < 4.78 is 80.6. The molecule has 4 N–H and O–H groups in total. The molecule has 4 aromatic rings. The molecule has 8 nitrogen and oxygen atoms in total. The van der Waals surface area contributed by atoms with E-state index in [0.717, 1.165) is 23.2 Å². The number of aliphatic hydroxyl groups excluding tert-OH is 1. The molecule has 234 valence electrons. The minimum Gasteiger partial charge on any atom is -0.444 e. The number of aromatic amines is 1. The Bertz CT molecular complexity index is 1490. The number of likely N-dealkylation sites (tertiary alicyclic amines) is 1. The average Bonchev–Trinajstić information content (AvgIpc) is 3.25. The van der Waals surface area contributed by atoms with Gasteiger partial charge in [0.05, 0.1) is 11.0 Å². The van der Waals surface area contributed by atoms with Gasteiger partial charge in [-0.25, -0.2) is 22.9 Å². The molecule has 1 aromatic heterocycles. The number of hydrogen-bond donors (Lipinski definition) is 3. The highest BCUT2D eigenvalue weighted by atomic mass is 32.2. The molecule has 5 rings (SSSR count). The highest BCUT2D eigenvalue weighted by molar-refractivity contribution is 7.82. The predicted octanol–water partition coefficient (Wildman–Crippen LogP) is 6.54. The quantitative estimate of drug-likeness (QED) is 0.218. The summed E-state index contributed by atoms with van der Waals surface area (Å²) in [5, 5.41) is 15.7. The van der Waals surface area contributed by atoms with Crippen molar-refractivity contribution in [2.24, 2.45) is 5.14 Å². The lowest BCUT2D eigenvalue weighted by Crippen LogP contribution is -2.42. The van der Waals surface area contributed by atoms with E-state index in [1.165, 1.54) is 36.4 Å². The number of H-pyrrole nitrogens is 1. The van der Waals surface area contributed by atoms with Gasteiger partial charge in [-0.1, -0.05) is 0 Å². The maximum atomic E-state index is 13.0. The molecule has 1 unspecified atom stereocenters. The van der Waals surface area contributed by atoms with Crippen LogP contribution in [0.2, 0.25) is 0 Å². The van der Waals surface area contributed by atoms with E-state index in [1.807, 2.05) is 20.8 Å². The molecule has 1 saturated heterocycles. The van der Waals surface area contributed by atoms with Crippen molar-refractivity contribution in [1.82, 2.24) is 9.88 Å². The number of carbonyl (C=O) groups excluding carboxylic acids is 1. The molecule has 1 fully saturated rings. The first kappa shape index (κ1) is 33.7. The molecule has 1 amide bonds. The Morgan fingerprint density at radius 1 is 0.930 bits per heavy atom. The summed E-state index contributed by atoms with van der Waals surface area (Å²) in [6, 6.07) is 13.4. The van der Waals surface area contributed by atoms with Crippen LogP contribution in [-0.2, 0) is 15.7 Å². The normalized spacial score (nSPS) is 14.8. The number of alkyl halides is 3. The van der Waals surface area contributed by atoms with E-state index in [-0.39, 0.29) is 34.5 Å². The summed E-state index contributed by atoms with van der Waals surface area (Å²) in [5.74, 6) is -0.993. The first-order valence-corrected chi connectivity index (χ1v) is 14.3. The van der Waals surface area contributed by atoms with Gasteiger partial charge < -0.3 is 24.5 Å². The van der Waals surface area contributed by atoms with Gasteiger partial charge in [0.15, 0.2) is 0 Å². The topological polar surface area (TPSA) is 118 Å². The fraction of sp³-hybridized carbons (Fsp3) is 0.345. The van der Waals surface area contributed by atoms with Gasteiger partial charge in [-0.3, -0.25) is 0 Å². The van der Waals surface area contributed by atoms with Crippen molar-refractivity contribution in [3.63, 3.8) is 0 Å². The highest BCUT2D eigenvalue weighted by Crippen LogP contribution is 2.26. The van der Waals surface area contributed by atoms with Gasteiger partial charge in [-0.15, -0.1) is 13.2 Å². The molecule has 0 spiro atoms. The molecular weight excluding hydrogens is 597 g/mol. The van der Waals surface area contributed by atoms with Gasteiger partial charge in [0.1, 0.15) is 34.0 Å². The number of nitrogens with one attached hydrogen (secondary N) is 1. The second kappa shape index (κ2) is 14.1. The Hall–Kier alpha value is -3.75. The summed E-state index contributed by atoms with van der Waals surface area (Å²) in [7, 11) is -1.70. The Kier molecular flexibility index (Phi) is 11.1. The summed E-state index contributed by atoms with van der Waals surface area (Å²) >= 11 is 0. The zero-order valence-corrected chi connectivity index (χ0v) is 24.4. The van der Waals surface area contributed by atoms with Crippen LogP contribution in [0, 0.1) is 11.6 Å². The van der Waals surface area contributed by atoms with Crippen molar-refractivity contribution in [2.75, 3.05) is 13.1 Å². The molecule has 0 saturated carbocycles. The van der Waals surface area contributed by atoms with E-state index in [0.29, 0.717) is 36.7 Å². The molecule has 14 heteroatoms. The highest BCUT2D eigenvalue weighted by Gasteiger charge is 2.31. The summed E-state index contributed by atoms with van der Waals surface area (Å²) in [5.41, 5.74) is 1.20. The van der Waals surface area contributed by atoms with Crippen molar-refractivity contribution >= 4 is 38.9 Å². The number of benzene rings is 3. The van der Waals surface area contributed by atoms with E-state index in [4.69, 9.17) is 9.88 Å². The van der Waals surface area contributed by atoms with E-state index in [2.05, 4.69) is 9.72 Å². The van der Waals surface area contributed by atoms with Crippen molar-refractivity contribution in [2.45, 2.75) is 56.6 Å². The minimum atomic E-state index is -4.72. The molecule has 0 aliphatic carbocycles. The van der Waals surface area contributed by atoms with Crippen LogP contribution < -0.4 is 9.88 Å². The number of nitrogens with two attached hydrogens (primary N) is 1. The van der Waals surface area contributed by atoms with Crippen molar-refractivity contribution in [3.05, 3.63) is 72.3 Å². The summed E-state index contributed by atoms with van der Waals surface area (Å²) in [6.07, 6.45) is -3.94. The number of aromatic nitrogens is 1. The summed E-state index contributed by atoms with van der Waals surface area (Å²) in [4.78, 5) is 16.5. The number of rotatable bonds is 2. The van der Waals surface area contributed by atoms with Gasteiger partial charge >= 0.3 is 12.5 Å². The van der Waals surface area contributed by atoms with Crippen LogP contribution in [0.1, 0.15) is 33.6 Å². The second-order valence-corrected chi connectivity index (χ2v) is 11.6. The largest absolute Gasteiger partial charge is 0.573 e. The van der Waals surface area contributed by atoms with Gasteiger partial charge in [0, 0.05) is 34.9 Å². The Labute approximate surface area is 247 Å². The van der Waals surface area contributed by atoms with E-state index in [9.17, 15) is 36.1 Å². The number of piperidine rings is 1. The van der Waals surface area contributed by atoms with Crippen LogP contribution in [0.3, 0.4) is 0 Å². The molecule has 0 bridgehead atoms. The van der Waals surface area contributed by atoms with Crippen LogP contribution in [0.25, 0.3) is 21.8 Å². The lowest BCUT2D eigenvalue weighted by molar-refractivity contribution is -0.274.